The summed E-state index contributed by atoms with van der Waals surface area (Å²) in [6, 6.07) is 10.6. The molecule has 0 fully saturated rings. The van der Waals surface area contributed by atoms with E-state index >= 15 is 0 Å². The minimum absolute atomic E-state index is 0.715. The zero-order chi connectivity index (χ0) is 14.4. The molecule has 3 aromatic rings. The molecule has 0 amide bonds. The first-order chi connectivity index (χ1) is 10.2. The van der Waals surface area contributed by atoms with Crippen LogP contribution in [-0.2, 0) is 6.42 Å². The third kappa shape index (κ3) is 2.09. The van der Waals surface area contributed by atoms with Crippen molar-refractivity contribution in [1.82, 2.24) is 4.98 Å². The summed E-state index contributed by atoms with van der Waals surface area (Å²) < 4.78 is 6.00. The molecule has 0 bridgehead atoms. The average Bonchev–Trinajstić information content (AvgIpc) is 2.91. The minimum atomic E-state index is 0.715. The zero-order valence-corrected chi connectivity index (χ0v) is 12.4. The lowest BCUT2D eigenvalue weighted by Gasteiger charge is -2.17. The maximum atomic E-state index is 6.00. The Kier molecular flexibility index (Phi) is 2.74. The first kappa shape index (κ1) is 12.5. The molecule has 0 saturated heterocycles. The van der Waals surface area contributed by atoms with Crippen LogP contribution >= 0.6 is 0 Å². The number of oxazole rings is 1. The summed E-state index contributed by atoms with van der Waals surface area (Å²) >= 11 is 0. The van der Waals surface area contributed by atoms with Crippen LogP contribution in [0.5, 0.6) is 0 Å². The van der Waals surface area contributed by atoms with E-state index in [-0.39, 0.29) is 0 Å². The maximum absolute atomic E-state index is 6.00. The van der Waals surface area contributed by atoms with Gasteiger partial charge in [-0.1, -0.05) is 6.07 Å². The van der Waals surface area contributed by atoms with Crippen LogP contribution in [0.3, 0.4) is 0 Å². The zero-order valence-electron chi connectivity index (χ0n) is 12.4. The van der Waals surface area contributed by atoms with E-state index in [1.165, 1.54) is 23.2 Å². The Bertz CT molecular complexity index is 833. The molecule has 0 aliphatic carbocycles. The Morgan fingerprint density at radius 1 is 1.14 bits per heavy atom. The number of fused-ring (bicyclic) bond motifs is 2. The summed E-state index contributed by atoms with van der Waals surface area (Å²) in [5, 5.41) is 3.43. The van der Waals surface area contributed by atoms with Gasteiger partial charge >= 0.3 is 0 Å². The molecule has 0 saturated carbocycles. The highest BCUT2D eigenvalue weighted by Gasteiger charge is 2.14. The number of aromatic nitrogens is 1. The van der Waals surface area contributed by atoms with E-state index in [0.29, 0.717) is 5.89 Å². The van der Waals surface area contributed by atoms with E-state index < -0.39 is 0 Å². The predicted molar refractivity (Wildman–Crippen MR) is 85.7 cm³/mol. The standard InChI is InChI=1S/C18H18N2O/c1-11-8-12(2)17-16(9-11)20-18(21-17)14-5-6-15-13(10-14)4-3-7-19-15/h5-6,8-10,19H,3-4,7H2,1-2H3. The van der Waals surface area contributed by atoms with Crippen molar-refractivity contribution in [3.8, 4) is 11.5 Å². The molecule has 2 heterocycles. The Morgan fingerprint density at radius 3 is 2.95 bits per heavy atom. The molecule has 0 spiro atoms. The molecule has 4 rings (SSSR count). The van der Waals surface area contributed by atoms with Crippen molar-refractivity contribution in [3.63, 3.8) is 0 Å². The van der Waals surface area contributed by atoms with Gasteiger partial charge in [0.2, 0.25) is 5.89 Å². The van der Waals surface area contributed by atoms with Crippen molar-refractivity contribution in [1.29, 1.82) is 0 Å². The summed E-state index contributed by atoms with van der Waals surface area (Å²) in [5.74, 6) is 0.715. The number of benzene rings is 2. The van der Waals surface area contributed by atoms with Crippen LogP contribution in [0.1, 0.15) is 23.1 Å². The molecular weight excluding hydrogens is 260 g/mol. The van der Waals surface area contributed by atoms with Gasteiger partial charge in [-0.3, -0.25) is 0 Å². The number of hydrogen-bond acceptors (Lipinski definition) is 3. The van der Waals surface area contributed by atoms with Gasteiger partial charge in [0.25, 0.3) is 0 Å². The topological polar surface area (TPSA) is 38.1 Å². The second kappa shape index (κ2) is 4.62. The monoisotopic (exact) mass is 278 g/mol. The normalized spacial score (nSPS) is 14.0. The van der Waals surface area contributed by atoms with Gasteiger partial charge in [-0.25, -0.2) is 4.98 Å². The second-order valence-corrected chi connectivity index (χ2v) is 5.85. The highest BCUT2D eigenvalue weighted by Crippen LogP contribution is 2.31. The molecule has 21 heavy (non-hydrogen) atoms. The van der Waals surface area contributed by atoms with E-state index in [0.717, 1.165) is 35.2 Å². The molecule has 1 aromatic heterocycles. The molecule has 106 valence electrons. The van der Waals surface area contributed by atoms with E-state index in [9.17, 15) is 0 Å². The van der Waals surface area contributed by atoms with Gasteiger partial charge in [0.05, 0.1) is 0 Å². The van der Waals surface area contributed by atoms with E-state index in [1.54, 1.807) is 0 Å². The molecule has 1 N–H and O–H groups in total. The fraction of sp³-hybridized carbons (Fsp3) is 0.278. The molecule has 3 heteroatoms. The van der Waals surface area contributed by atoms with Gasteiger partial charge in [0.15, 0.2) is 5.58 Å². The Hall–Kier alpha value is -2.29. The van der Waals surface area contributed by atoms with Crippen molar-refractivity contribution >= 4 is 16.8 Å². The molecule has 0 radical (unpaired) electrons. The summed E-state index contributed by atoms with van der Waals surface area (Å²) in [7, 11) is 0. The first-order valence-corrected chi connectivity index (χ1v) is 7.46. The predicted octanol–water partition coefficient (Wildman–Crippen LogP) is 4.47. The molecule has 3 nitrogen and oxygen atoms in total. The van der Waals surface area contributed by atoms with Crippen LogP contribution in [0.15, 0.2) is 34.7 Å². The van der Waals surface area contributed by atoms with Crippen molar-refractivity contribution in [3.05, 3.63) is 47.0 Å². The lowest BCUT2D eigenvalue weighted by molar-refractivity contribution is 0.617. The lowest BCUT2D eigenvalue weighted by Crippen LogP contribution is -2.11. The van der Waals surface area contributed by atoms with E-state index in [4.69, 9.17) is 4.42 Å². The van der Waals surface area contributed by atoms with Crippen LogP contribution in [0.25, 0.3) is 22.6 Å². The number of nitrogens with zero attached hydrogens (tertiary/aromatic N) is 1. The number of anilines is 1. The van der Waals surface area contributed by atoms with Crippen LogP contribution in [0.4, 0.5) is 5.69 Å². The van der Waals surface area contributed by atoms with Gasteiger partial charge in [0.1, 0.15) is 5.52 Å². The fourth-order valence-electron chi connectivity index (χ4n) is 3.11. The summed E-state index contributed by atoms with van der Waals surface area (Å²) in [5.41, 5.74) is 7.86. The van der Waals surface area contributed by atoms with Crippen LogP contribution in [0.2, 0.25) is 0 Å². The second-order valence-electron chi connectivity index (χ2n) is 5.85. The van der Waals surface area contributed by atoms with E-state index in [1.807, 2.05) is 0 Å². The van der Waals surface area contributed by atoms with Gasteiger partial charge in [-0.05, 0) is 67.6 Å². The van der Waals surface area contributed by atoms with Crippen LogP contribution in [-0.4, -0.2) is 11.5 Å². The van der Waals surface area contributed by atoms with E-state index in [2.05, 4.69) is 54.5 Å². The number of aryl methyl sites for hydroxylation is 3. The minimum Gasteiger partial charge on any atom is -0.436 e. The van der Waals surface area contributed by atoms with Gasteiger partial charge in [0, 0.05) is 17.8 Å². The van der Waals surface area contributed by atoms with Crippen molar-refractivity contribution in [2.24, 2.45) is 0 Å². The van der Waals surface area contributed by atoms with Gasteiger partial charge < -0.3 is 9.73 Å². The SMILES string of the molecule is Cc1cc(C)c2oc(-c3ccc4c(c3)CCCN4)nc2c1. The average molecular weight is 278 g/mol. The highest BCUT2D eigenvalue weighted by molar-refractivity contribution is 5.80. The number of hydrogen-bond donors (Lipinski definition) is 1. The number of nitrogens with one attached hydrogen (secondary N) is 1. The van der Waals surface area contributed by atoms with Gasteiger partial charge in [-0.2, -0.15) is 0 Å². The summed E-state index contributed by atoms with van der Waals surface area (Å²) in [4.78, 5) is 4.67. The van der Waals surface area contributed by atoms with Crippen LogP contribution in [0, 0.1) is 13.8 Å². The largest absolute Gasteiger partial charge is 0.436 e. The Balaban J connectivity index is 1.84. The number of rotatable bonds is 1. The van der Waals surface area contributed by atoms with Gasteiger partial charge in [-0.15, -0.1) is 0 Å². The maximum Gasteiger partial charge on any atom is 0.227 e. The first-order valence-electron chi connectivity index (χ1n) is 7.46. The smallest absolute Gasteiger partial charge is 0.227 e. The lowest BCUT2D eigenvalue weighted by atomic mass is 10.0. The third-order valence-corrected chi connectivity index (χ3v) is 4.11. The third-order valence-electron chi connectivity index (χ3n) is 4.11. The quantitative estimate of drug-likeness (QED) is 0.713. The fourth-order valence-corrected chi connectivity index (χ4v) is 3.11. The Morgan fingerprint density at radius 2 is 2.05 bits per heavy atom. The van der Waals surface area contributed by atoms with Crippen LogP contribution < -0.4 is 5.32 Å². The highest BCUT2D eigenvalue weighted by atomic mass is 16.3. The molecule has 0 atom stereocenters. The molecule has 0 unspecified atom stereocenters. The molecular formula is C18H18N2O. The summed E-state index contributed by atoms with van der Waals surface area (Å²) in [6.45, 7) is 5.22. The molecule has 2 aromatic carbocycles. The summed E-state index contributed by atoms with van der Waals surface area (Å²) in [6.07, 6.45) is 2.30. The Labute approximate surface area is 124 Å². The van der Waals surface area contributed by atoms with Crippen molar-refractivity contribution < 1.29 is 4.42 Å². The van der Waals surface area contributed by atoms with Crippen molar-refractivity contribution in [2.45, 2.75) is 26.7 Å². The molecule has 1 aliphatic heterocycles. The molecule has 1 aliphatic rings. The van der Waals surface area contributed by atoms with Crippen molar-refractivity contribution in [2.75, 3.05) is 11.9 Å².